The van der Waals surface area contributed by atoms with E-state index >= 15 is 0 Å². The Hall–Kier alpha value is -3.45. The predicted molar refractivity (Wildman–Crippen MR) is 133 cm³/mol. The van der Waals surface area contributed by atoms with Crippen LogP contribution in [0.15, 0.2) is 60.9 Å². The Kier molecular flexibility index (Phi) is 8.68. The average Bonchev–Trinajstić information content (AvgIpc) is 3.62. The summed E-state index contributed by atoms with van der Waals surface area (Å²) in [4.78, 5) is 20.9. The molecule has 0 saturated carbocycles. The van der Waals surface area contributed by atoms with Gasteiger partial charge in [0.25, 0.3) is 0 Å². The molecule has 7 heteroatoms. The molecule has 0 radical (unpaired) electrons. The Balaban J connectivity index is 1.28. The summed E-state index contributed by atoms with van der Waals surface area (Å²) in [6.45, 7) is 5.00. The van der Waals surface area contributed by atoms with Gasteiger partial charge in [-0.05, 0) is 54.8 Å². The molecular weight excluding hydrogens is 444 g/mol. The predicted octanol–water partition coefficient (Wildman–Crippen LogP) is 6.81. The lowest BCUT2D eigenvalue weighted by atomic mass is 10.1. The van der Waals surface area contributed by atoms with Crippen LogP contribution in [0.2, 0.25) is 0 Å². The number of epoxide rings is 1. The van der Waals surface area contributed by atoms with Crippen molar-refractivity contribution in [1.82, 2.24) is 9.97 Å². The highest BCUT2D eigenvalue weighted by Gasteiger charge is 2.42. The van der Waals surface area contributed by atoms with E-state index in [-0.39, 0.29) is 6.10 Å². The largest absolute Gasteiger partial charge is 0.516 e. The van der Waals surface area contributed by atoms with Gasteiger partial charge in [-0.15, -0.1) is 0 Å². The van der Waals surface area contributed by atoms with Gasteiger partial charge in [0.15, 0.2) is 5.82 Å². The molecule has 3 aromatic rings. The van der Waals surface area contributed by atoms with Gasteiger partial charge >= 0.3 is 6.16 Å². The number of rotatable bonds is 12. The van der Waals surface area contributed by atoms with Gasteiger partial charge in [0.2, 0.25) is 6.29 Å². The Morgan fingerprint density at radius 1 is 0.829 bits per heavy atom. The minimum atomic E-state index is -0.762. The Morgan fingerprint density at radius 3 is 2.20 bits per heavy atom. The van der Waals surface area contributed by atoms with E-state index in [0.29, 0.717) is 11.6 Å². The zero-order valence-corrected chi connectivity index (χ0v) is 20.3. The summed E-state index contributed by atoms with van der Waals surface area (Å²) in [6, 6.07) is 15.0. The van der Waals surface area contributed by atoms with Crippen molar-refractivity contribution in [2.24, 2.45) is 0 Å². The third kappa shape index (κ3) is 7.26. The number of nitrogens with zero attached hydrogens (tertiary/aromatic N) is 2. The number of hydrogen-bond acceptors (Lipinski definition) is 7. The fraction of sp³-hybridized carbons (Fsp3) is 0.393. The van der Waals surface area contributed by atoms with Crippen LogP contribution in [0.1, 0.15) is 52.4 Å². The summed E-state index contributed by atoms with van der Waals surface area (Å²) in [7, 11) is 0. The van der Waals surface area contributed by atoms with E-state index in [0.717, 1.165) is 48.3 Å². The molecule has 1 fully saturated rings. The number of ether oxygens (including phenoxy) is 4. The molecule has 1 aromatic heterocycles. The SMILES string of the molecule is CCCCCCOc1ccc(-c2ncc(-c3ccc(OC(=O)O[C@H]4O[C@@H]4CCC)cc3)cn2)cc1. The van der Waals surface area contributed by atoms with Crippen molar-refractivity contribution in [2.75, 3.05) is 6.61 Å². The molecule has 2 heterocycles. The average molecular weight is 477 g/mol. The van der Waals surface area contributed by atoms with Crippen molar-refractivity contribution in [3.05, 3.63) is 60.9 Å². The van der Waals surface area contributed by atoms with Crippen LogP contribution in [-0.2, 0) is 9.47 Å². The minimum Gasteiger partial charge on any atom is -0.494 e. The number of carbonyl (C=O) groups is 1. The van der Waals surface area contributed by atoms with E-state index in [2.05, 4.69) is 23.8 Å². The minimum absolute atomic E-state index is 0.00973. The van der Waals surface area contributed by atoms with Crippen molar-refractivity contribution in [1.29, 1.82) is 0 Å². The number of benzene rings is 2. The second kappa shape index (κ2) is 12.3. The monoisotopic (exact) mass is 476 g/mol. The molecule has 2 aromatic carbocycles. The van der Waals surface area contributed by atoms with Crippen LogP contribution in [0.4, 0.5) is 4.79 Å². The Bertz CT molecular complexity index is 1070. The third-order valence-electron chi connectivity index (χ3n) is 5.74. The van der Waals surface area contributed by atoms with Gasteiger partial charge in [0, 0.05) is 23.5 Å². The van der Waals surface area contributed by atoms with Crippen molar-refractivity contribution >= 4 is 6.16 Å². The molecule has 1 saturated heterocycles. The molecule has 1 aliphatic heterocycles. The highest BCUT2D eigenvalue weighted by molar-refractivity contribution is 5.67. The Morgan fingerprint density at radius 2 is 1.51 bits per heavy atom. The highest BCUT2D eigenvalue weighted by Crippen LogP contribution is 2.29. The second-order valence-corrected chi connectivity index (χ2v) is 8.55. The number of unbranched alkanes of at least 4 members (excludes halogenated alkanes) is 3. The van der Waals surface area contributed by atoms with Gasteiger partial charge in [0.1, 0.15) is 17.6 Å². The summed E-state index contributed by atoms with van der Waals surface area (Å²) in [6.07, 6.45) is 8.89. The van der Waals surface area contributed by atoms with Crippen LogP contribution in [-0.4, -0.2) is 35.1 Å². The van der Waals surface area contributed by atoms with Crippen LogP contribution >= 0.6 is 0 Å². The van der Waals surface area contributed by atoms with Gasteiger partial charge < -0.3 is 18.9 Å². The van der Waals surface area contributed by atoms with E-state index in [1.54, 1.807) is 24.5 Å². The first kappa shape index (κ1) is 24.7. The standard InChI is InChI=1S/C28H32N2O5/c1-3-5-6-7-17-32-23-13-11-21(12-14-23)26-29-18-22(19-30-26)20-9-15-24(16-10-20)33-28(31)35-27-25(34-27)8-4-2/h9-16,18-19,25,27H,3-8,17H2,1-2H3/t25-,27-/m1/s1. The van der Waals surface area contributed by atoms with Crippen LogP contribution in [0.25, 0.3) is 22.5 Å². The molecule has 0 spiro atoms. The Labute approximate surface area is 206 Å². The first-order chi connectivity index (χ1) is 17.2. The molecule has 2 atom stereocenters. The van der Waals surface area contributed by atoms with Crippen molar-refractivity contribution in [3.8, 4) is 34.0 Å². The summed E-state index contributed by atoms with van der Waals surface area (Å²) < 4.78 is 21.4. The molecule has 0 N–H and O–H groups in total. The first-order valence-electron chi connectivity index (χ1n) is 12.4. The lowest BCUT2D eigenvalue weighted by Crippen LogP contribution is -2.14. The van der Waals surface area contributed by atoms with E-state index < -0.39 is 12.4 Å². The van der Waals surface area contributed by atoms with Crippen molar-refractivity contribution in [2.45, 2.75) is 64.8 Å². The summed E-state index contributed by atoms with van der Waals surface area (Å²) in [5, 5.41) is 0. The highest BCUT2D eigenvalue weighted by atomic mass is 16.8. The van der Waals surface area contributed by atoms with Gasteiger partial charge in [-0.25, -0.2) is 14.8 Å². The van der Waals surface area contributed by atoms with Gasteiger partial charge in [0.05, 0.1) is 6.61 Å². The van der Waals surface area contributed by atoms with Crippen LogP contribution < -0.4 is 9.47 Å². The summed E-state index contributed by atoms with van der Waals surface area (Å²) >= 11 is 0. The number of carbonyl (C=O) groups excluding carboxylic acids is 1. The maximum atomic E-state index is 11.9. The fourth-order valence-corrected chi connectivity index (χ4v) is 3.70. The summed E-state index contributed by atoms with van der Waals surface area (Å²) in [5.41, 5.74) is 2.71. The van der Waals surface area contributed by atoms with Crippen molar-refractivity contribution in [3.63, 3.8) is 0 Å². The molecule has 0 bridgehead atoms. The number of hydrogen-bond donors (Lipinski definition) is 0. The fourth-order valence-electron chi connectivity index (χ4n) is 3.70. The lowest BCUT2D eigenvalue weighted by Gasteiger charge is -2.08. The zero-order valence-electron chi connectivity index (χ0n) is 20.3. The summed E-state index contributed by atoms with van der Waals surface area (Å²) in [5.74, 6) is 1.91. The smallest absolute Gasteiger partial charge is 0.494 e. The second-order valence-electron chi connectivity index (χ2n) is 8.55. The van der Waals surface area contributed by atoms with Crippen LogP contribution in [0.3, 0.4) is 0 Å². The normalized spacial score (nSPS) is 16.5. The molecule has 4 rings (SSSR count). The zero-order chi connectivity index (χ0) is 24.5. The van der Waals surface area contributed by atoms with Crippen LogP contribution in [0, 0.1) is 0 Å². The topological polar surface area (TPSA) is 83.1 Å². The van der Waals surface area contributed by atoms with Gasteiger partial charge in [-0.2, -0.15) is 0 Å². The van der Waals surface area contributed by atoms with E-state index in [9.17, 15) is 4.79 Å². The van der Waals surface area contributed by atoms with Gasteiger partial charge in [-0.3, -0.25) is 0 Å². The molecule has 0 unspecified atom stereocenters. The maximum Gasteiger partial charge on any atom is 0.516 e. The number of aromatic nitrogens is 2. The molecule has 184 valence electrons. The van der Waals surface area contributed by atoms with E-state index in [1.165, 1.54) is 19.3 Å². The van der Waals surface area contributed by atoms with Gasteiger partial charge in [-0.1, -0.05) is 51.7 Å². The molecule has 35 heavy (non-hydrogen) atoms. The molecule has 7 nitrogen and oxygen atoms in total. The van der Waals surface area contributed by atoms with Crippen molar-refractivity contribution < 1.29 is 23.7 Å². The van der Waals surface area contributed by atoms with E-state index in [1.807, 2.05) is 36.4 Å². The molecule has 0 aliphatic carbocycles. The molecule has 1 aliphatic rings. The quantitative estimate of drug-likeness (QED) is 0.123. The molecule has 0 amide bonds. The lowest BCUT2D eigenvalue weighted by molar-refractivity contribution is 0.0562. The molecular formula is C28H32N2O5. The maximum absolute atomic E-state index is 11.9. The third-order valence-corrected chi connectivity index (χ3v) is 5.74. The van der Waals surface area contributed by atoms with E-state index in [4.69, 9.17) is 18.9 Å². The first-order valence-corrected chi connectivity index (χ1v) is 12.4. The van der Waals surface area contributed by atoms with Crippen LogP contribution in [0.5, 0.6) is 11.5 Å².